The fourth-order valence-corrected chi connectivity index (χ4v) is 8.27. The lowest BCUT2D eigenvalue weighted by Gasteiger charge is -2.29. The van der Waals surface area contributed by atoms with Crippen LogP contribution in [0, 0.1) is 0 Å². The number of hydrogen-bond acceptors (Lipinski definition) is 2. The highest BCUT2D eigenvalue weighted by molar-refractivity contribution is 6.22. The van der Waals surface area contributed by atoms with Crippen molar-refractivity contribution in [2.45, 2.75) is 25.6 Å². The van der Waals surface area contributed by atoms with E-state index in [9.17, 15) is 0 Å². The summed E-state index contributed by atoms with van der Waals surface area (Å²) in [6, 6.07) is 55.2. The Bertz CT molecular complexity index is 2620. The molecule has 0 amide bonds. The quantitative estimate of drug-likeness (QED) is 0.210. The van der Waals surface area contributed by atoms with Gasteiger partial charge in [-0.2, -0.15) is 0 Å². The van der Waals surface area contributed by atoms with Gasteiger partial charge in [-0.3, -0.25) is 0 Å². The molecule has 0 bridgehead atoms. The fraction of sp³-hybridized carbons (Fsp3) is 0.0889. The van der Waals surface area contributed by atoms with E-state index in [4.69, 9.17) is 4.99 Å². The zero-order valence-corrected chi connectivity index (χ0v) is 26.9. The van der Waals surface area contributed by atoms with Crippen molar-refractivity contribution in [1.82, 2.24) is 4.57 Å². The van der Waals surface area contributed by atoms with Crippen molar-refractivity contribution in [3.05, 3.63) is 174 Å². The van der Waals surface area contributed by atoms with Crippen LogP contribution in [-0.4, -0.2) is 10.3 Å². The molecule has 1 atom stereocenters. The molecule has 228 valence electrons. The molecule has 7 aromatic carbocycles. The van der Waals surface area contributed by atoms with E-state index in [0.717, 1.165) is 28.0 Å². The maximum absolute atomic E-state index is 5.61. The molecule has 1 aromatic heterocycles. The second-order valence-corrected chi connectivity index (χ2v) is 13.6. The van der Waals surface area contributed by atoms with Gasteiger partial charge in [0, 0.05) is 33.0 Å². The van der Waals surface area contributed by atoms with Crippen LogP contribution in [0.5, 0.6) is 0 Å². The Hall–Kier alpha value is -5.93. The topological polar surface area (TPSA) is 29.3 Å². The van der Waals surface area contributed by atoms with Crippen molar-refractivity contribution in [1.29, 1.82) is 0 Å². The number of fused-ring (bicyclic) bond motifs is 9. The molecule has 1 N–H and O–H groups in total. The number of aromatic nitrogens is 1. The summed E-state index contributed by atoms with van der Waals surface area (Å²) in [5.74, 6) is 0. The third kappa shape index (κ3) is 3.85. The Balaban J connectivity index is 1.22. The minimum Gasteiger partial charge on any atom is -0.346 e. The summed E-state index contributed by atoms with van der Waals surface area (Å²) in [5, 5.41) is 8.84. The Morgan fingerprint density at radius 1 is 0.542 bits per heavy atom. The van der Waals surface area contributed by atoms with Gasteiger partial charge in [-0.1, -0.05) is 141 Å². The molecule has 10 rings (SSSR count). The molecule has 0 radical (unpaired) electrons. The van der Waals surface area contributed by atoms with E-state index in [1.807, 2.05) is 0 Å². The predicted molar refractivity (Wildman–Crippen MR) is 201 cm³/mol. The third-order valence-corrected chi connectivity index (χ3v) is 10.6. The van der Waals surface area contributed by atoms with Crippen LogP contribution >= 0.6 is 0 Å². The van der Waals surface area contributed by atoms with E-state index < -0.39 is 0 Å². The van der Waals surface area contributed by atoms with Crippen LogP contribution in [0.4, 0.5) is 5.69 Å². The van der Waals surface area contributed by atoms with Crippen molar-refractivity contribution in [2.24, 2.45) is 4.99 Å². The van der Waals surface area contributed by atoms with Gasteiger partial charge in [0.05, 0.1) is 16.7 Å². The smallest absolute Gasteiger partial charge is 0.201 e. The molecule has 1 aliphatic heterocycles. The highest BCUT2D eigenvalue weighted by Gasteiger charge is 2.36. The lowest BCUT2D eigenvalue weighted by atomic mass is 9.81. The van der Waals surface area contributed by atoms with Crippen molar-refractivity contribution in [2.75, 3.05) is 5.32 Å². The Morgan fingerprint density at radius 2 is 1.27 bits per heavy atom. The van der Waals surface area contributed by atoms with Gasteiger partial charge in [-0.05, 0) is 68.4 Å². The summed E-state index contributed by atoms with van der Waals surface area (Å²) < 4.78 is 2.41. The minimum atomic E-state index is -0.347. The number of benzene rings is 7. The van der Waals surface area contributed by atoms with Crippen molar-refractivity contribution in [3.63, 3.8) is 0 Å². The highest BCUT2D eigenvalue weighted by Crippen LogP contribution is 2.49. The van der Waals surface area contributed by atoms with Crippen LogP contribution in [0.25, 0.3) is 54.8 Å². The normalized spacial score (nSPS) is 16.0. The Kier molecular flexibility index (Phi) is 5.69. The van der Waals surface area contributed by atoms with Crippen LogP contribution < -0.4 is 5.32 Å². The summed E-state index contributed by atoms with van der Waals surface area (Å²) in [5.41, 5.74) is 14.4. The van der Waals surface area contributed by atoms with Gasteiger partial charge in [0.1, 0.15) is 0 Å². The number of hydrogen-bond donors (Lipinski definition) is 1. The second-order valence-electron chi connectivity index (χ2n) is 13.6. The molecule has 48 heavy (non-hydrogen) atoms. The second kappa shape index (κ2) is 10.0. The van der Waals surface area contributed by atoms with Crippen LogP contribution in [0.2, 0.25) is 0 Å². The number of nitrogens with one attached hydrogen (secondary N) is 1. The molecule has 3 nitrogen and oxygen atoms in total. The summed E-state index contributed by atoms with van der Waals surface area (Å²) in [6.07, 6.45) is -0.347. The van der Waals surface area contributed by atoms with Gasteiger partial charge in [-0.25, -0.2) is 4.99 Å². The molecular weight excluding hydrogens is 583 g/mol. The van der Waals surface area contributed by atoms with Gasteiger partial charge in [0.15, 0.2) is 0 Å². The number of nitrogens with zero attached hydrogens (tertiary/aromatic N) is 2. The minimum absolute atomic E-state index is 0.0872. The van der Waals surface area contributed by atoms with E-state index in [1.54, 1.807) is 0 Å². The van der Waals surface area contributed by atoms with E-state index in [1.165, 1.54) is 60.4 Å². The van der Waals surface area contributed by atoms with Crippen molar-refractivity contribution in [3.8, 4) is 22.3 Å². The van der Waals surface area contributed by atoms with Gasteiger partial charge in [-0.15, -0.1) is 0 Å². The molecule has 1 aliphatic carbocycles. The first-order chi connectivity index (χ1) is 23.6. The van der Waals surface area contributed by atoms with Crippen LogP contribution in [0.1, 0.15) is 42.4 Å². The molecule has 0 fully saturated rings. The lowest BCUT2D eigenvalue weighted by molar-refractivity contribution is 0.624. The third-order valence-electron chi connectivity index (χ3n) is 10.6. The van der Waals surface area contributed by atoms with Crippen molar-refractivity contribution < 1.29 is 0 Å². The Labute approximate surface area is 279 Å². The zero-order chi connectivity index (χ0) is 32.0. The van der Waals surface area contributed by atoms with Crippen molar-refractivity contribution >= 4 is 44.0 Å². The monoisotopic (exact) mass is 615 g/mol. The molecule has 0 saturated heterocycles. The number of aliphatic imine (C=N–C) groups is 1. The molecule has 0 spiro atoms. The van der Waals surface area contributed by atoms with Gasteiger partial charge in [0.2, 0.25) is 6.29 Å². The molecule has 1 unspecified atom stereocenters. The molecule has 2 heterocycles. The van der Waals surface area contributed by atoms with Gasteiger partial charge in [0.25, 0.3) is 0 Å². The lowest BCUT2D eigenvalue weighted by Crippen LogP contribution is -2.25. The summed E-state index contributed by atoms with van der Waals surface area (Å²) >= 11 is 0. The number of rotatable bonds is 3. The van der Waals surface area contributed by atoms with Gasteiger partial charge >= 0.3 is 0 Å². The van der Waals surface area contributed by atoms with Gasteiger partial charge < -0.3 is 9.88 Å². The largest absolute Gasteiger partial charge is 0.346 e. The SMILES string of the molecule is CC1(C)c2ccccc2-c2ccc(C3=NC(n4c5cc(-c6ccccc6)ccc5c5c6ccccc6ccc54)Nc4ccccc43)cc21. The van der Waals surface area contributed by atoms with Crippen LogP contribution in [-0.2, 0) is 5.41 Å². The molecule has 2 aliphatic rings. The summed E-state index contributed by atoms with van der Waals surface area (Å²) in [7, 11) is 0. The highest BCUT2D eigenvalue weighted by atomic mass is 15.3. The molecule has 0 saturated carbocycles. The number of para-hydroxylation sites is 1. The zero-order valence-electron chi connectivity index (χ0n) is 26.9. The molecule has 8 aromatic rings. The van der Waals surface area contributed by atoms with E-state index in [2.05, 4.69) is 175 Å². The first kappa shape index (κ1) is 27.2. The predicted octanol–water partition coefficient (Wildman–Crippen LogP) is 11.3. The van der Waals surface area contributed by atoms with E-state index in [-0.39, 0.29) is 11.7 Å². The maximum Gasteiger partial charge on any atom is 0.201 e. The first-order valence-electron chi connectivity index (χ1n) is 16.8. The maximum atomic E-state index is 5.61. The molecular formula is C45H33N3. The summed E-state index contributed by atoms with van der Waals surface area (Å²) in [4.78, 5) is 5.61. The average Bonchev–Trinajstić information content (AvgIpc) is 3.60. The van der Waals surface area contributed by atoms with E-state index in [0.29, 0.717) is 0 Å². The fourth-order valence-electron chi connectivity index (χ4n) is 8.27. The Morgan fingerprint density at radius 3 is 2.17 bits per heavy atom. The summed E-state index contributed by atoms with van der Waals surface area (Å²) in [6.45, 7) is 4.68. The van der Waals surface area contributed by atoms with Crippen LogP contribution in [0.3, 0.4) is 0 Å². The van der Waals surface area contributed by atoms with E-state index >= 15 is 0 Å². The molecule has 3 heteroatoms. The average molecular weight is 616 g/mol. The first-order valence-corrected chi connectivity index (χ1v) is 16.8. The number of anilines is 1. The standard InChI is InChI=1S/C45H33N3/c1-45(2)37-18-10-8-16-33(37)34-23-21-31(26-38(34)45)43-35-17-9-11-19-39(35)46-44(47-43)48-40-25-22-29-14-6-7-15-32(29)42(40)36-24-20-30(27-41(36)48)28-12-4-3-5-13-28/h3-27,44,46H,1-2H3. The van der Waals surface area contributed by atoms with Crippen LogP contribution in [0.15, 0.2) is 157 Å².